The molecule has 0 aliphatic heterocycles. The lowest BCUT2D eigenvalue weighted by molar-refractivity contribution is 0.0549. The van der Waals surface area contributed by atoms with Crippen molar-refractivity contribution in [2.45, 2.75) is 33.3 Å². The number of nitrogens with one attached hydrogen (secondary N) is 1. The number of carbonyl (C=O) groups is 1. The third kappa shape index (κ3) is 6.05. The minimum absolute atomic E-state index is 0.377. The molecule has 0 spiro atoms. The lowest BCUT2D eigenvalue weighted by Crippen LogP contribution is -2.32. The number of ether oxygens (including phenoxy) is 1. The molecule has 2 N–H and O–H groups in total. The van der Waals surface area contributed by atoms with E-state index in [4.69, 9.17) is 9.94 Å². The van der Waals surface area contributed by atoms with Gasteiger partial charge in [0, 0.05) is 0 Å². The molecule has 0 unspecified atom stereocenters. The van der Waals surface area contributed by atoms with Crippen LogP contribution in [0.25, 0.3) is 0 Å². The first-order chi connectivity index (χ1) is 6.39. The molecule has 0 aromatic rings. The van der Waals surface area contributed by atoms with Crippen molar-refractivity contribution in [3.8, 4) is 0 Å². The minimum Gasteiger partial charge on any atom is -0.444 e. The van der Waals surface area contributed by atoms with Crippen LogP contribution in [0.3, 0.4) is 0 Å². The largest absolute Gasteiger partial charge is 0.444 e. The van der Waals surface area contributed by atoms with Crippen LogP contribution in [-0.4, -0.2) is 23.1 Å². The van der Waals surface area contributed by atoms with Gasteiger partial charge in [-0.25, -0.2) is 4.79 Å². The summed E-state index contributed by atoms with van der Waals surface area (Å²) < 4.78 is 4.98. The van der Waals surface area contributed by atoms with E-state index >= 15 is 0 Å². The van der Waals surface area contributed by atoms with E-state index in [1.54, 1.807) is 33.8 Å². The van der Waals surface area contributed by atoms with Crippen LogP contribution in [0.5, 0.6) is 0 Å². The van der Waals surface area contributed by atoms with Crippen molar-refractivity contribution in [3.05, 3.63) is 11.8 Å². The van der Waals surface area contributed by atoms with Gasteiger partial charge in [-0.05, 0) is 27.7 Å². The van der Waals surface area contributed by atoms with Crippen molar-refractivity contribution in [1.29, 1.82) is 0 Å². The van der Waals surface area contributed by atoms with Crippen molar-refractivity contribution >= 4 is 12.3 Å². The molecule has 5 nitrogen and oxygen atoms in total. The Morgan fingerprint density at radius 3 is 2.43 bits per heavy atom. The van der Waals surface area contributed by atoms with E-state index in [9.17, 15) is 4.79 Å². The van der Waals surface area contributed by atoms with Crippen molar-refractivity contribution < 1.29 is 14.7 Å². The predicted octanol–water partition coefficient (Wildman–Crippen LogP) is 1.87. The van der Waals surface area contributed by atoms with E-state index in [0.29, 0.717) is 5.70 Å². The molecule has 0 heterocycles. The van der Waals surface area contributed by atoms with Gasteiger partial charge in [-0.2, -0.15) is 0 Å². The van der Waals surface area contributed by atoms with Crippen LogP contribution in [0.15, 0.2) is 16.9 Å². The first-order valence-electron chi connectivity index (χ1n) is 4.23. The van der Waals surface area contributed by atoms with Gasteiger partial charge in [-0.3, -0.25) is 5.32 Å². The highest BCUT2D eigenvalue weighted by Crippen LogP contribution is 2.06. The highest BCUT2D eigenvalue weighted by atomic mass is 16.6. The summed E-state index contributed by atoms with van der Waals surface area (Å²) in [5, 5.41) is 13.5. The maximum Gasteiger partial charge on any atom is 0.412 e. The van der Waals surface area contributed by atoms with Crippen molar-refractivity contribution in [2.75, 3.05) is 0 Å². The van der Waals surface area contributed by atoms with Gasteiger partial charge >= 0.3 is 6.09 Å². The highest BCUT2D eigenvalue weighted by molar-refractivity contribution is 5.84. The molecule has 0 aromatic heterocycles. The van der Waals surface area contributed by atoms with E-state index in [2.05, 4.69) is 10.5 Å². The normalized spacial score (nSPS) is 13.0. The number of nitrogens with zero attached hydrogens (tertiary/aromatic N) is 1. The molecule has 0 saturated heterocycles. The summed E-state index contributed by atoms with van der Waals surface area (Å²) in [6.07, 6.45) is 2.12. The number of oxime groups is 1. The second-order valence-corrected chi connectivity index (χ2v) is 3.62. The van der Waals surface area contributed by atoms with Gasteiger partial charge in [0.1, 0.15) is 5.60 Å². The van der Waals surface area contributed by atoms with Crippen LogP contribution in [0.4, 0.5) is 4.79 Å². The summed E-state index contributed by atoms with van der Waals surface area (Å²) in [5.74, 6) is 0. The second kappa shape index (κ2) is 5.26. The molecule has 0 bridgehead atoms. The summed E-state index contributed by atoms with van der Waals surface area (Å²) in [5.41, 5.74) is -0.166. The van der Waals surface area contributed by atoms with Gasteiger partial charge in [0.15, 0.2) is 0 Å². The maximum absolute atomic E-state index is 11.2. The number of amides is 1. The van der Waals surface area contributed by atoms with Crippen LogP contribution in [0, 0.1) is 0 Å². The molecule has 0 radical (unpaired) electrons. The molecule has 14 heavy (non-hydrogen) atoms. The molecule has 1 amide bonds. The van der Waals surface area contributed by atoms with Crippen LogP contribution < -0.4 is 5.32 Å². The quantitative estimate of drug-likeness (QED) is 0.406. The standard InChI is InChI=1S/C9H16N2O3/c1-5-7(6-10-13)11-8(12)14-9(2,3)4/h5-6,13H,1-4H3,(H,11,12)/b7-5-,10-6?. The highest BCUT2D eigenvalue weighted by Gasteiger charge is 2.16. The number of carbonyl (C=O) groups excluding carboxylic acids is 1. The van der Waals surface area contributed by atoms with Crippen molar-refractivity contribution in [2.24, 2.45) is 5.16 Å². The molecule has 0 rings (SSSR count). The fourth-order valence-corrected chi connectivity index (χ4v) is 0.663. The second-order valence-electron chi connectivity index (χ2n) is 3.62. The first-order valence-corrected chi connectivity index (χ1v) is 4.23. The Morgan fingerprint density at radius 1 is 1.50 bits per heavy atom. The molecule has 0 fully saturated rings. The van der Waals surface area contributed by atoms with E-state index < -0.39 is 11.7 Å². The molecule has 0 aliphatic rings. The van der Waals surface area contributed by atoms with Gasteiger partial charge in [-0.1, -0.05) is 11.2 Å². The molecular formula is C9H16N2O3. The Morgan fingerprint density at radius 2 is 2.07 bits per heavy atom. The zero-order valence-electron chi connectivity index (χ0n) is 8.87. The average molecular weight is 200 g/mol. The van der Waals surface area contributed by atoms with Crippen LogP contribution in [0.2, 0.25) is 0 Å². The molecule has 0 aromatic carbocycles. The molecule has 0 aliphatic carbocycles. The first kappa shape index (κ1) is 12.5. The van der Waals surface area contributed by atoms with Gasteiger partial charge in [0.2, 0.25) is 0 Å². The number of hydrogen-bond acceptors (Lipinski definition) is 4. The maximum atomic E-state index is 11.2. The van der Waals surface area contributed by atoms with Crippen LogP contribution in [0.1, 0.15) is 27.7 Å². The average Bonchev–Trinajstić information content (AvgIpc) is 2.00. The molecule has 0 atom stereocenters. The smallest absolute Gasteiger partial charge is 0.412 e. The topological polar surface area (TPSA) is 70.9 Å². The van der Waals surface area contributed by atoms with E-state index in [0.717, 1.165) is 6.21 Å². The molecule has 80 valence electrons. The Balaban J connectivity index is 4.19. The van der Waals surface area contributed by atoms with Gasteiger partial charge < -0.3 is 9.94 Å². The summed E-state index contributed by atoms with van der Waals surface area (Å²) in [4.78, 5) is 11.2. The van der Waals surface area contributed by atoms with Crippen LogP contribution in [-0.2, 0) is 4.74 Å². The van der Waals surface area contributed by atoms with Crippen molar-refractivity contribution in [1.82, 2.24) is 5.32 Å². The van der Waals surface area contributed by atoms with E-state index in [1.165, 1.54) is 0 Å². The van der Waals surface area contributed by atoms with E-state index in [-0.39, 0.29) is 0 Å². The summed E-state index contributed by atoms with van der Waals surface area (Å²) in [6, 6.07) is 0. The predicted molar refractivity (Wildman–Crippen MR) is 53.4 cm³/mol. The zero-order valence-corrected chi connectivity index (χ0v) is 8.87. The third-order valence-corrected chi connectivity index (χ3v) is 1.15. The zero-order chi connectivity index (χ0) is 11.2. The Bertz CT molecular complexity index is 251. The lowest BCUT2D eigenvalue weighted by Gasteiger charge is -2.19. The number of alkyl carbamates (subject to hydrolysis) is 1. The van der Waals surface area contributed by atoms with Gasteiger partial charge in [0.05, 0.1) is 11.9 Å². The SMILES string of the molecule is C/C=C(/C=NO)NC(=O)OC(C)(C)C. The summed E-state index contributed by atoms with van der Waals surface area (Å²) in [7, 11) is 0. The third-order valence-electron chi connectivity index (χ3n) is 1.15. The van der Waals surface area contributed by atoms with E-state index in [1.807, 2.05) is 0 Å². The summed E-state index contributed by atoms with van der Waals surface area (Å²) >= 11 is 0. The number of hydrogen-bond donors (Lipinski definition) is 2. The fourth-order valence-electron chi connectivity index (χ4n) is 0.663. The fraction of sp³-hybridized carbons (Fsp3) is 0.556. The number of rotatable bonds is 2. The number of allylic oxidation sites excluding steroid dienone is 2. The molecule has 5 heteroatoms. The Kier molecular flexibility index (Phi) is 4.69. The minimum atomic E-state index is -0.578. The molecular weight excluding hydrogens is 184 g/mol. The van der Waals surface area contributed by atoms with Gasteiger partial charge in [-0.15, -0.1) is 0 Å². The Hall–Kier alpha value is -1.52. The molecule has 0 saturated carbocycles. The van der Waals surface area contributed by atoms with Gasteiger partial charge in [0.25, 0.3) is 0 Å². The monoisotopic (exact) mass is 200 g/mol. The summed E-state index contributed by atoms with van der Waals surface area (Å²) in [6.45, 7) is 7.00. The lowest BCUT2D eigenvalue weighted by atomic mass is 10.2. The van der Waals surface area contributed by atoms with Crippen LogP contribution >= 0.6 is 0 Å². The van der Waals surface area contributed by atoms with Crippen molar-refractivity contribution in [3.63, 3.8) is 0 Å². The Labute approximate surface area is 83.4 Å².